The average Bonchev–Trinajstić information content (AvgIpc) is 2.43. The number of methoxy groups -OCH3 is 2. The Morgan fingerprint density at radius 2 is 1.95 bits per heavy atom. The third kappa shape index (κ3) is 5.09. The van der Waals surface area contributed by atoms with Gasteiger partial charge in [-0.25, -0.2) is 0 Å². The number of hydrogen-bond donors (Lipinski definition) is 2. The van der Waals surface area contributed by atoms with Crippen molar-refractivity contribution in [1.82, 2.24) is 5.32 Å². The molecule has 0 aliphatic carbocycles. The van der Waals surface area contributed by atoms with Crippen molar-refractivity contribution in [3.63, 3.8) is 0 Å². The van der Waals surface area contributed by atoms with Gasteiger partial charge in [0, 0.05) is 6.54 Å². The Bertz CT molecular complexity index is 392. The second-order valence-corrected chi connectivity index (χ2v) is 5.47. The van der Waals surface area contributed by atoms with Crippen LogP contribution in [0.1, 0.15) is 19.4 Å². The normalized spacial score (nSPS) is 11.4. The van der Waals surface area contributed by atoms with Crippen LogP contribution in [0.15, 0.2) is 18.2 Å². The van der Waals surface area contributed by atoms with Crippen LogP contribution >= 0.6 is 0 Å². The van der Waals surface area contributed by atoms with Crippen molar-refractivity contribution < 1.29 is 9.47 Å². The topological polar surface area (TPSA) is 56.5 Å². The Morgan fingerprint density at radius 3 is 2.53 bits per heavy atom. The lowest BCUT2D eigenvalue weighted by Crippen LogP contribution is -2.36. The first-order chi connectivity index (χ1) is 9.02. The summed E-state index contributed by atoms with van der Waals surface area (Å²) in [5, 5.41) is 3.44. The van der Waals surface area contributed by atoms with Gasteiger partial charge in [-0.15, -0.1) is 0 Å². The molecule has 0 radical (unpaired) electrons. The predicted octanol–water partition coefficient (Wildman–Crippen LogP) is 1.82. The number of nitrogens with two attached hydrogens (primary N) is 1. The van der Waals surface area contributed by atoms with Crippen LogP contribution in [-0.2, 0) is 6.42 Å². The lowest BCUT2D eigenvalue weighted by atomic mass is 9.94. The maximum absolute atomic E-state index is 5.71. The third-order valence-electron chi connectivity index (χ3n) is 3.21. The SMILES string of the molecule is COc1ccc(OC)c(CCNCC(C)(C)CN)c1. The second-order valence-electron chi connectivity index (χ2n) is 5.47. The molecule has 0 atom stereocenters. The molecule has 0 spiro atoms. The molecule has 0 aliphatic rings. The van der Waals surface area contributed by atoms with Crippen LogP contribution in [0.3, 0.4) is 0 Å². The minimum absolute atomic E-state index is 0.137. The highest BCUT2D eigenvalue weighted by Crippen LogP contribution is 2.24. The standard InChI is InChI=1S/C15H26N2O2/c1-15(2,10-16)11-17-8-7-12-9-13(18-3)5-6-14(12)19-4/h5-6,9,17H,7-8,10-11,16H2,1-4H3. The highest BCUT2D eigenvalue weighted by atomic mass is 16.5. The molecule has 4 nitrogen and oxygen atoms in total. The van der Waals surface area contributed by atoms with Crippen molar-refractivity contribution in [2.75, 3.05) is 33.9 Å². The quantitative estimate of drug-likeness (QED) is 0.705. The van der Waals surface area contributed by atoms with Crippen molar-refractivity contribution in [2.24, 2.45) is 11.1 Å². The van der Waals surface area contributed by atoms with Crippen molar-refractivity contribution in [3.05, 3.63) is 23.8 Å². The van der Waals surface area contributed by atoms with Gasteiger partial charge in [0.2, 0.25) is 0 Å². The maximum Gasteiger partial charge on any atom is 0.122 e. The van der Waals surface area contributed by atoms with E-state index < -0.39 is 0 Å². The molecule has 1 aromatic rings. The monoisotopic (exact) mass is 266 g/mol. The van der Waals surface area contributed by atoms with Gasteiger partial charge in [0.25, 0.3) is 0 Å². The van der Waals surface area contributed by atoms with E-state index in [4.69, 9.17) is 15.2 Å². The molecule has 4 heteroatoms. The molecule has 3 N–H and O–H groups in total. The van der Waals surface area contributed by atoms with E-state index in [-0.39, 0.29) is 5.41 Å². The Hall–Kier alpha value is -1.26. The number of rotatable bonds is 8. The first kappa shape index (κ1) is 15.8. The van der Waals surface area contributed by atoms with E-state index in [9.17, 15) is 0 Å². The lowest BCUT2D eigenvalue weighted by molar-refractivity contribution is 0.352. The average molecular weight is 266 g/mol. The van der Waals surface area contributed by atoms with Gasteiger partial charge in [-0.2, -0.15) is 0 Å². The van der Waals surface area contributed by atoms with Gasteiger partial charge in [-0.1, -0.05) is 13.8 Å². The van der Waals surface area contributed by atoms with E-state index in [0.717, 1.165) is 36.6 Å². The molecule has 0 unspecified atom stereocenters. The van der Waals surface area contributed by atoms with Crippen molar-refractivity contribution in [2.45, 2.75) is 20.3 Å². The zero-order chi connectivity index (χ0) is 14.3. The lowest BCUT2D eigenvalue weighted by Gasteiger charge is -2.22. The van der Waals surface area contributed by atoms with Gasteiger partial charge < -0.3 is 20.5 Å². The largest absolute Gasteiger partial charge is 0.497 e. The summed E-state index contributed by atoms with van der Waals surface area (Å²) in [6, 6.07) is 5.87. The zero-order valence-corrected chi connectivity index (χ0v) is 12.5. The summed E-state index contributed by atoms with van der Waals surface area (Å²) in [5.41, 5.74) is 7.00. The van der Waals surface area contributed by atoms with E-state index in [2.05, 4.69) is 19.2 Å². The van der Waals surface area contributed by atoms with E-state index >= 15 is 0 Å². The molecule has 0 bridgehead atoms. The summed E-state index contributed by atoms with van der Waals surface area (Å²) < 4.78 is 10.6. The van der Waals surface area contributed by atoms with E-state index in [0.29, 0.717) is 6.54 Å². The Balaban J connectivity index is 2.52. The summed E-state index contributed by atoms with van der Waals surface area (Å²) in [7, 11) is 3.36. The maximum atomic E-state index is 5.71. The van der Waals surface area contributed by atoms with Gasteiger partial charge >= 0.3 is 0 Å². The summed E-state index contributed by atoms with van der Waals surface area (Å²) in [4.78, 5) is 0. The first-order valence-electron chi connectivity index (χ1n) is 6.64. The predicted molar refractivity (Wildman–Crippen MR) is 79.0 cm³/mol. The van der Waals surface area contributed by atoms with Crippen molar-refractivity contribution in [1.29, 1.82) is 0 Å². The second kappa shape index (κ2) is 7.36. The molecule has 108 valence electrons. The van der Waals surface area contributed by atoms with Gasteiger partial charge in [-0.05, 0) is 48.7 Å². The fraction of sp³-hybridized carbons (Fsp3) is 0.600. The Kier molecular flexibility index (Phi) is 6.12. The van der Waals surface area contributed by atoms with E-state index in [1.54, 1.807) is 14.2 Å². The van der Waals surface area contributed by atoms with Crippen LogP contribution in [0, 0.1) is 5.41 Å². The number of hydrogen-bond acceptors (Lipinski definition) is 4. The molecular weight excluding hydrogens is 240 g/mol. The fourth-order valence-electron chi connectivity index (χ4n) is 1.80. The highest BCUT2D eigenvalue weighted by Gasteiger charge is 2.14. The van der Waals surface area contributed by atoms with Crippen molar-refractivity contribution >= 4 is 0 Å². The van der Waals surface area contributed by atoms with Crippen molar-refractivity contribution in [3.8, 4) is 11.5 Å². The van der Waals surface area contributed by atoms with Gasteiger partial charge in [0.15, 0.2) is 0 Å². The summed E-state index contributed by atoms with van der Waals surface area (Å²) in [5.74, 6) is 1.76. The Labute approximate surface area is 116 Å². The van der Waals surface area contributed by atoms with Gasteiger partial charge in [0.1, 0.15) is 11.5 Å². The number of benzene rings is 1. The summed E-state index contributed by atoms with van der Waals surface area (Å²) in [6.45, 7) is 6.81. The zero-order valence-electron chi connectivity index (χ0n) is 12.5. The molecular formula is C15H26N2O2. The first-order valence-corrected chi connectivity index (χ1v) is 6.64. The molecule has 0 saturated heterocycles. The highest BCUT2D eigenvalue weighted by molar-refractivity contribution is 5.40. The van der Waals surface area contributed by atoms with Gasteiger partial charge in [0.05, 0.1) is 14.2 Å². The molecule has 0 aliphatic heterocycles. The van der Waals surface area contributed by atoms with Crippen LogP contribution in [0.25, 0.3) is 0 Å². The number of nitrogens with one attached hydrogen (secondary N) is 1. The van der Waals surface area contributed by atoms with Gasteiger partial charge in [-0.3, -0.25) is 0 Å². The summed E-state index contributed by atoms with van der Waals surface area (Å²) in [6.07, 6.45) is 0.904. The summed E-state index contributed by atoms with van der Waals surface area (Å²) >= 11 is 0. The van der Waals surface area contributed by atoms with Crippen LogP contribution in [0.5, 0.6) is 11.5 Å². The molecule has 19 heavy (non-hydrogen) atoms. The van der Waals surface area contributed by atoms with Crippen LogP contribution in [-0.4, -0.2) is 33.9 Å². The molecule has 0 saturated carbocycles. The number of ether oxygens (including phenoxy) is 2. The molecule has 0 fully saturated rings. The smallest absolute Gasteiger partial charge is 0.122 e. The van der Waals surface area contributed by atoms with E-state index in [1.807, 2.05) is 18.2 Å². The minimum atomic E-state index is 0.137. The Morgan fingerprint density at radius 1 is 1.21 bits per heavy atom. The van der Waals surface area contributed by atoms with Crippen LogP contribution in [0.2, 0.25) is 0 Å². The molecule has 1 rings (SSSR count). The van der Waals surface area contributed by atoms with Crippen LogP contribution in [0.4, 0.5) is 0 Å². The van der Waals surface area contributed by atoms with Crippen LogP contribution < -0.4 is 20.5 Å². The molecule has 1 aromatic carbocycles. The minimum Gasteiger partial charge on any atom is -0.497 e. The molecule has 0 aromatic heterocycles. The fourth-order valence-corrected chi connectivity index (χ4v) is 1.80. The third-order valence-corrected chi connectivity index (χ3v) is 3.21. The van der Waals surface area contributed by atoms with E-state index in [1.165, 1.54) is 0 Å². The molecule has 0 amide bonds. The molecule has 0 heterocycles.